The number of carbonyl (C=O) groups excluding carboxylic acids is 2. The molecule has 0 bridgehead atoms. The molecule has 1 heterocycles. The van der Waals surface area contributed by atoms with E-state index in [4.69, 9.17) is 11.6 Å². The number of hydrogen-bond donors (Lipinski definition) is 1. The number of alkyl halides is 1. The third-order valence-corrected chi connectivity index (χ3v) is 2.02. The lowest BCUT2D eigenvalue weighted by atomic mass is 10.1. The summed E-state index contributed by atoms with van der Waals surface area (Å²) < 4.78 is 0. The van der Waals surface area contributed by atoms with E-state index in [0.29, 0.717) is 0 Å². The zero-order chi connectivity index (χ0) is 8.27. The van der Waals surface area contributed by atoms with E-state index in [1.54, 1.807) is 0 Å². The van der Waals surface area contributed by atoms with E-state index in [9.17, 15) is 9.59 Å². The Morgan fingerprint density at radius 3 is 2.73 bits per heavy atom. The number of hydrogen-bond acceptors (Lipinski definition) is 3. The van der Waals surface area contributed by atoms with Gasteiger partial charge in [-0.25, -0.2) is 0 Å². The molecular formula is C7H10ClNO2. The van der Waals surface area contributed by atoms with Crippen molar-refractivity contribution in [2.45, 2.75) is 18.9 Å². The molecule has 1 saturated heterocycles. The second-order valence-corrected chi connectivity index (χ2v) is 2.84. The predicted octanol–water partition coefficient (Wildman–Crippen LogP) is 0.115. The molecule has 1 N–H and O–H groups in total. The number of halogens is 1. The summed E-state index contributed by atoms with van der Waals surface area (Å²) in [6.07, 6.45) is 1.73. The van der Waals surface area contributed by atoms with Crippen molar-refractivity contribution in [3.8, 4) is 0 Å². The molecule has 3 nitrogen and oxygen atoms in total. The van der Waals surface area contributed by atoms with Crippen LogP contribution in [0.15, 0.2) is 0 Å². The fraction of sp³-hybridized carbons (Fsp3) is 0.714. The van der Waals surface area contributed by atoms with Crippen molar-refractivity contribution < 1.29 is 9.59 Å². The predicted molar refractivity (Wildman–Crippen MR) is 41.8 cm³/mol. The van der Waals surface area contributed by atoms with Gasteiger partial charge in [-0.05, 0) is 19.4 Å². The van der Waals surface area contributed by atoms with Crippen LogP contribution >= 0.6 is 11.6 Å². The molecule has 1 aliphatic rings. The van der Waals surface area contributed by atoms with Gasteiger partial charge in [0.1, 0.15) is 0 Å². The highest BCUT2D eigenvalue weighted by Crippen LogP contribution is 2.06. The van der Waals surface area contributed by atoms with Crippen molar-refractivity contribution in [1.29, 1.82) is 0 Å². The van der Waals surface area contributed by atoms with Crippen LogP contribution in [0.5, 0.6) is 0 Å². The number of ketones is 2. The van der Waals surface area contributed by atoms with Crippen LogP contribution in [0.2, 0.25) is 0 Å². The third-order valence-electron chi connectivity index (χ3n) is 1.77. The normalized spacial score (nSPS) is 23.5. The second-order valence-electron chi connectivity index (χ2n) is 2.57. The van der Waals surface area contributed by atoms with Gasteiger partial charge in [0, 0.05) is 0 Å². The lowest BCUT2D eigenvalue weighted by molar-refractivity contribution is -0.136. The molecule has 0 spiro atoms. The van der Waals surface area contributed by atoms with E-state index in [2.05, 4.69) is 5.32 Å². The number of rotatable bonds is 3. The van der Waals surface area contributed by atoms with Crippen molar-refractivity contribution in [3.63, 3.8) is 0 Å². The molecule has 0 radical (unpaired) electrons. The van der Waals surface area contributed by atoms with E-state index in [1.807, 2.05) is 0 Å². The summed E-state index contributed by atoms with van der Waals surface area (Å²) in [4.78, 5) is 21.9. The van der Waals surface area contributed by atoms with Crippen molar-refractivity contribution in [2.75, 3.05) is 12.4 Å². The van der Waals surface area contributed by atoms with Crippen LogP contribution in [-0.2, 0) is 9.59 Å². The summed E-state index contributed by atoms with van der Waals surface area (Å²) in [7, 11) is 0. The Morgan fingerprint density at radius 2 is 2.27 bits per heavy atom. The van der Waals surface area contributed by atoms with Crippen LogP contribution in [0.1, 0.15) is 12.8 Å². The first-order valence-electron chi connectivity index (χ1n) is 3.62. The minimum absolute atomic E-state index is 0.197. The van der Waals surface area contributed by atoms with Crippen LogP contribution in [0.25, 0.3) is 0 Å². The molecule has 4 heteroatoms. The maximum absolute atomic E-state index is 11.1. The molecular weight excluding hydrogens is 166 g/mol. The fourth-order valence-corrected chi connectivity index (χ4v) is 1.30. The minimum atomic E-state index is -0.480. The topological polar surface area (TPSA) is 46.2 Å². The van der Waals surface area contributed by atoms with Gasteiger partial charge in [-0.1, -0.05) is 0 Å². The summed E-state index contributed by atoms with van der Waals surface area (Å²) in [5.41, 5.74) is 0. The Kier molecular flexibility index (Phi) is 3.02. The molecule has 1 aliphatic heterocycles. The highest BCUT2D eigenvalue weighted by atomic mass is 35.5. The molecule has 1 atom stereocenters. The number of Topliss-reactive ketones (excluding diaryl/α,β-unsaturated/α-hetero) is 2. The summed E-state index contributed by atoms with van der Waals surface area (Å²) in [5, 5.41) is 2.94. The van der Waals surface area contributed by atoms with Crippen LogP contribution in [0, 0.1) is 0 Å². The summed E-state index contributed by atoms with van der Waals surface area (Å²) >= 11 is 5.23. The smallest absolute Gasteiger partial charge is 0.216 e. The van der Waals surface area contributed by atoms with E-state index >= 15 is 0 Å². The molecule has 0 aromatic carbocycles. The monoisotopic (exact) mass is 175 g/mol. The molecule has 0 amide bonds. The van der Waals surface area contributed by atoms with Gasteiger partial charge in [0.05, 0.1) is 11.9 Å². The lowest BCUT2D eigenvalue weighted by Gasteiger charge is -2.04. The van der Waals surface area contributed by atoms with Gasteiger partial charge in [-0.15, -0.1) is 11.6 Å². The van der Waals surface area contributed by atoms with Crippen molar-refractivity contribution in [1.82, 2.24) is 5.32 Å². The molecule has 0 aromatic rings. The maximum atomic E-state index is 11.1. The lowest BCUT2D eigenvalue weighted by Crippen LogP contribution is -2.36. The number of carbonyl (C=O) groups is 2. The standard InChI is InChI=1S/C7H10ClNO2/c8-4-6(10)7(11)5-2-1-3-9-5/h5,9H,1-4H2/t5-/m0/s1. The Hall–Kier alpha value is -0.410. The molecule has 0 saturated carbocycles. The van der Waals surface area contributed by atoms with Crippen LogP contribution in [0.3, 0.4) is 0 Å². The first-order valence-corrected chi connectivity index (χ1v) is 4.15. The zero-order valence-corrected chi connectivity index (χ0v) is 6.86. The molecule has 11 heavy (non-hydrogen) atoms. The Bertz CT molecular complexity index is 175. The zero-order valence-electron chi connectivity index (χ0n) is 6.10. The Balaban J connectivity index is 2.46. The first kappa shape index (κ1) is 8.68. The molecule has 1 fully saturated rings. The van der Waals surface area contributed by atoms with Gasteiger partial charge in [0.15, 0.2) is 0 Å². The second kappa shape index (κ2) is 3.83. The van der Waals surface area contributed by atoms with Gasteiger partial charge in [-0.2, -0.15) is 0 Å². The van der Waals surface area contributed by atoms with E-state index in [-0.39, 0.29) is 17.7 Å². The van der Waals surface area contributed by atoms with E-state index in [0.717, 1.165) is 19.4 Å². The van der Waals surface area contributed by atoms with Gasteiger partial charge in [-0.3, -0.25) is 9.59 Å². The Morgan fingerprint density at radius 1 is 1.55 bits per heavy atom. The van der Waals surface area contributed by atoms with Crippen molar-refractivity contribution in [2.24, 2.45) is 0 Å². The van der Waals surface area contributed by atoms with Gasteiger partial charge in [0.25, 0.3) is 0 Å². The average molecular weight is 176 g/mol. The maximum Gasteiger partial charge on any atom is 0.216 e. The summed E-state index contributed by atoms with van der Waals surface area (Å²) in [6, 6.07) is -0.263. The SMILES string of the molecule is O=C(CCl)C(=O)[C@@H]1CCCN1. The van der Waals surface area contributed by atoms with Crippen molar-refractivity contribution >= 4 is 23.2 Å². The molecule has 0 aromatic heterocycles. The highest BCUT2D eigenvalue weighted by Gasteiger charge is 2.26. The number of nitrogens with one attached hydrogen (secondary N) is 1. The molecule has 62 valence electrons. The molecule has 0 aliphatic carbocycles. The average Bonchev–Trinajstić information content (AvgIpc) is 2.53. The minimum Gasteiger partial charge on any atom is -0.307 e. The van der Waals surface area contributed by atoms with Crippen LogP contribution < -0.4 is 5.32 Å². The van der Waals surface area contributed by atoms with Crippen molar-refractivity contribution in [3.05, 3.63) is 0 Å². The molecule has 1 rings (SSSR count). The largest absolute Gasteiger partial charge is 0.307 e. The van der Waals surface area contributed by atoms with Crippen LogP contribution in [0.4, 0.5) is 0 Å². The van der Waals surface area contributed by atoms with Crippen LogP contribution in [-0.4, -0.2) is 30.0 Å². The van der Waals surface area contributed by atoms with E-state index < -0.39 is 5.78 Å². The first-order chi connectivity index (χ1) is 5.25. The van der Waals surface area contributed by atoms with E-state index in [1.165, 1.54) is 0 Å². The third kappa shape index (κ3) is 2.01. The van der Waals surface area contributed by atoms with Gasteiger partial charge >= 0.3 is 0 Å². The fourth-order valence-electron chi connectivity index (χ4n) is 1.17. The summed E-state index contributed by atoms with van der Waals surface area (Å²) in [6.45, 7) is 0.825. The quantitative estimate of drug-likeness (QED) is 0.490. The Labute approximate surface area is 70.1 Å². The highest BCUT2D eigenvalue weighted by molar-refractivity contribution is 6.48. The molecule has 0 unspecified atom stereocenters. The van der Waals surface area contributed by atoms with Gasteiger partial charge in [0.2, 0.25) is 11.6 Å². The summed E-state index contributed by atoms with van der Waals surface area (Å²) in [5.74, 6) is -1.04. The van der Waals surface area contributed by atoms with Gasteiger partial charge < -0.3 is 5.32 Å².